The Balaban J connectivity index is 1.53. The van der Waals surface area contributed by atoms with Crippen molar-refractivity contribution >= 4 is 17.5 Å². The molecule has 2 amide bonds. The second kappa shape index (κ2) is 11.1. The van der Waals surface area contributed by atoms with E-state index in [0.717, 1.165) is 27.9 Å². The normalized spacial score (nSPS) is 10.5. The Hall–Kier alpha value is -4.25. The largest absolute Gasteiger partial charge is 0.352 e. The predicted molar refractivity (Wildman–Crippen MR) is 134 cm³/mol. The van der Waals surface area contributed by atoms with Crippen LogP contribution in [0.25, 0.3) is 0 Å². The van der Waals surface area contributed by atoms with Gasteiger partial charge in [-0.25, -0.2) is 0 Å². The van der Waals surface area contributed by atoms with Gasteiger partial charge in [-0.05, 0) is 60.0 Å². The first kappa shape index (κ1) is 22.9. The van der Waals surface area contributed by atoms with Gasteiger partial charge in [0.1, 0.15) is 0 Å². The molecule has 0 aliphatic heterocycles. The van der Waals surface area contributed by atoms with Crippen LogP contribution in [0.5, 0.6) is 0 Å². The van der Waals surface area contributed by atoms with Crippen LogP contribution in [0.4, 0.5) is 5.69 Å². The summed E-state index contributed by atoms with van der Waals surface area (Å²) < 4.78 is 0. The number of carbonyl (C=O) groups is 2. The number of amides is 2. The summed E-state index contributed by atoms with van der Waals surface area (Å²) in [5, 5.41) is 2.94. The van der Waals surface area contributed by atoms with E-state index in [1.54, 1.807) is 17.3 Å². The minimum atomic E-state index is -0.0804. The molecule has 0 atom stereocenters. The number of hydrogen-bond acceptors (Lipinski definition) is 3. The molecular formula is C29H27N3O2. The standard InChI is InChI=1S/C29H27N3O2/c1-22-10-12-26(13-11-22)29(34)32(21-24-6-3-2-4-7-24)27-9-5-8-25(18-27)19-28(33)31-20-23-14-16-30-17-15-23/h2-18H,19-21H2,1H3,(H,31,33). The summed E-state index contributed by atoms with van der Waals surface area (Å²) in [6.45, 7) is 2.89. The third-order valence-electron chi connectivity index (χ3n) is 5.55. The van der Waals surface area contributed by atoms with Crippen LogP contribution in [0.15, 0.2) is 103 Å². The zero-order chi connectivity index (χ0) is 23.8. The van der Waals surface area contributed by atoms with Gasteiger partial charge in [0.15, 0.2) is 0 Å². The molecule has 0 saturated carbocycles. The van der Waals surface area contributed by atoms with Gasteiger partial charge >= 0.3 is 0 Å². The van der Waals surface area contributed by atoms with E-state index in [2.05, 4.69) is 10.3 Å². The minimum Gasteiger partial charge on any atom is -0.352 e. The average Bonchev–Trinajstić information content (AvgIpc) is 2.87. The second-order valence-corrected chi connectivity index (χ2v) is 8.22. The van der Waals surface area contributed by atoms with Crippen LogP contribution in [-0.4, -0.2) is 16.8 Å². The highest BCUT2D eigenvalue weighted by Gasteiger charge is 2.19. The molecule has 3 aromatic carbocycles. The molecule has 4 aromatic rings. The molecule has 0 aliphatic carbocycles. The fourth-order valence-corrected chi connectivity index (χ4v) is 3.68. The first-order valence-corrected chi connectivity index (χ1v) is 11.3. The van der Waals surface area contributed by atoms with Crippen molar-refractivity contribution in [3.8, 4) is 0 Å². The van der Waals surface area contributed by atoms with Crippen LogP contribution < -0.4 is 10.2 Å². The lowest BCUT2D eigenvalue weighted by Crippen LogP contribution is -2.30. The van der Waals surface area contributed by atoms with Crippen molar-refractivity contribution in [3.63, 3.8) is 0 Å². The lowest BCUT2D eigenvalue weighted by atomic mass is 10.1. The maximum Gasteiger partial charge on any atom is 0.258 e. The topological polar surface area (TPSA) is 62.3 Å². The first-order chi connectivity index (χ1) is 16.6. The van der Waals surface area contributed by atoms with E-state index in [4.69, 9.17) is 0 Å². The number of benzene rings is 3. The van der Waals surface area contributed by atoms with E-state index in [1.807, 2.05) is 97.9 Å². The van der Waals surface area contributed by atoms with Gasteiger partial charge in [0.25, 0.3) is 5.91 Å². The highest BCUT2D eigenvalue weighted by molar-refractivity contribution is 6.06. The molecule has 0 bridgehead atoms. The SMILES string of the molecule is Cc1ccc(C(=O)N(Cc2ccccc2)c2cccc(CC(=O)NCc3ccncc3)c2)cc1. The van der Waals surface area contributed by atoms with Gasteiger partial charge in [0, 0.05) is 30.2 Å². The van der Waals surface area contributed by atoms with Crippen LogP contribution in [0.1, 0.15) is 32.6 Å². The molecule has 4 rings (SSSR count). The van der Waals surface area contributed by atoms with E-state index in [1.165, 1.54) is 0 Å². The number of aromatic nitrogens is 1. The van der Waals surface area contributed by atoms with Crippen LogP contribution in [0, 0.1) is 6.92 Å². The Morgan fingerprint density at radius 3 is 2.24 bits per heavy atom. The molecule has 0 aliphatic rings. The summed E-state index contributed by atoms with van der Waals surface area (Å²) in [5.41, 5.74) is 5.36. The van der Waals surface area contributed by atoms with Crippen molar-refractivity contribution in [1.82, 2.24) is 10.3 Å². The average molecular weight is 450 g/mol. The number of hydrogen-bond donors (Lipinski definition) is 1. The first-order valence-electron chi connectivity index (χ1n) is 11.3. The Morgan fingerprint density at radius 1 is 0.794 bits per heavy atom. The van der Waals surface area contributed by atoms with Gasteiger partial charge in [0.05, 0.1) is 13.0 Å². The van der Waals surface area contributed by atoms with Crippen LogP contribution >= 0.6 is 0 Å². The molecule has 0 fully saturated rings. The summed E-state index contributed by atoms with van der Waals surface area (Å²) in [6, 6.07) is 28.9. The molecule has 1 N–H and O–H groups in total. The Labute approximate surface area is 200 Å². The number of nitrogens with one attached hydrogen (secondary N) is 1. The molecule has 5 heteroatoms. The summed E-state index contributed by atoms with van der Waals surface area (Å²) >= 11 is 0. The summed E-state index contributed by atoms with van der Waals surface area (Å²) in [6.07, 6.45) is 3.64. The van der Waals surface area contributed by atoms with E-state index >= 15 is 0 Å². The molecule has 0 unspecified atom stereocenters. The van der Waals surface area contributed by atoms with Gasteiger partial charge in [-0.15, -0.1) is 0 Å². The van der Waals surface area contributed by atoms with Crippen molar-refractivity contribution in [2.75, 3.05) is 4.90 Å². The molecule has 5 nitrogen and oxygen atoms in total. The molecular weight excluding hydrogens is 422 g/mol. The fraction of sp³-hybridized carbons (Fsp3) is 0.138. The fourth-order valence-electron chi connectivity index (χ4n) is 3.68. The van der Waals surface area contributed by atoms with Gasteiger partial charge in [0.2, 0.25) is 5.91 Å². The Bertz CT molecular complexity index is 1240. The maximum atomic E-state index is 13.5. The zero-order valence-corrected chi connectivity index (χ0v) is 19.1. The molecule has 1 heterocycles. The maximum absolute atomic E-state index is 13.5. The number of rotatable bonds is 8. The van der Waals surface area contributed by atoms with Gasteiger partial charge in [-0.3, -0.25) is 14.6 Å². The number of aryl methyl sites for hydroxylation is 1. The van der Waals surface area contributed by atoms with Crippen molar-refractivity contribution in [3.05, 3.63) is 131 Å². The second-order valence-electron chi connectivity index (χ2n) is 8.22. The van der Waals surface area contributed by atoms with E-state index in [9.17, 15) is 9.59 Å². The van der Waals surface area contributed by atoms with Crippen molar-refractivity contribution in [2.24, 2.45) is 0 Å². The quantitative estimate of drug-likeness (QED) is 0.407. The minimum absolute atomic E-state index is 0.0755. The third kappa shape index (κ3) is 6.17. The predicted octanol–water partition coefficient (Wildman–Crippen LogP) is 5.10. The van der Waals surface area contributed by atoms with E-state index in [0.29, 0.717) is 18.7 Å². The van der Waals surface area contributed by atoms with Crippen molar-refractivity contribution in [1.29, 1.82) is 0 Å². The summed E-state index contributed by atoms with van der Waals surface area (Å²) in [5.74, 6) is -0.156. The van der Waals surface area contributed by atoms with E-state index < -0.39 is 0 Å². The van der Waals surface area contributed by atoms with Crippen LogP contribution in [0.3, 0.4) is 0 Å². The van der Waals surface area contributed by atoms with Gasteiger partial charge < -0.3 is 10.2 Å². The van der Waals surface area contributed by atoms with E-state index in [-0.39, 0.29) is 18.2 Å². The molecule has 0 spiro atoms. The summed E-state index contributed by atoms with van der Waals surface area (Å²) in [4.78, 5) is 31.8. The monoisotopic (exact) mass is 449 g/mol. The molecule has 0 radical (unpaired) electrons. The molecule has 34 heavy (non-hydrogen) atoms. The third-order valence-corrected chi connectivity index (χ3v) is 5.55. The number of pyridine rings is 1. The zero-order valence-electron chi connectivity index (χ0n) is 19.1. The molecule has 0 saturated heterocycles. The number of nitrogens with zero attached hydrogens (tertiary/aromatic N) is 2. The van der Waals surface area contributed by atoms with Crippen LogP contribution in [-0.2, 0) is 24.3 Å². The molecule has 170 valence electrons. The number of anilines is 1. The Kier molecular flexibility index (Phi) is 7.45. The van der Waals surface area contributed by atoms with Gasteiger partial charge in [-0.2, -0.15) is 0 Å². The lowest BCUT2D eigenvalue weighted by Gasteiger charge is -2.24. The number of carbonyl (C=O) groups excluding carboxylic acids is 2. The van der Waals surface area contributed by atoms with Crippen molar-refractivity contribution < 1.29 is 9.59 Å². The van der Waals surface area contributed by atoms with Crippen LogP contribution in [0.2, 0.25) is 0 Å². The highest BCUT2D eigenvalue weighted by Crippen LogP contribution is 2.22. The highest BCUT2D eigenvalue weighted by atomic mass is 16.2. The van der Waals surface area contributed by atoms with Crippen molar-refractivity contribution in [2.45, 2.75) is 26.4 Å². The Morgan fingerprint density at radius 2 is 1.50 bits per heavy atom. The smallest absolute Gasteiger partial charge is 0.258 e. The lowest BCUT2D eigenvalue weighted by molar-refractivity contribution is -0.120. The molecule has 1 aromatic heterocycles. The summed E-state index contributed by atoms with van der Waals surface area (Å²) in [7, 11) is 0. The van der Waals surface area contributed by atoms with Gasteiger partial charge in [-0.1, -0.05) is 60.2 Å².